The van der Waals surface area contributed by atoms with Gasteiger partial charge in [-0.15, -0.1) is 0 Å². The summed E-state index contributed by atoms with van der Waals surface area (Å²) in [4.78, 5) is 15.5. The average Bonchev–Trinajstić information content (AvgIpc) is 3.43. The Labute approximate surface area is 165 Å². The number of rotatable bonds is 4. The van der Waals surface area contributed by atoms with Gasteiger partial charge in [-0.2, -0.15) is 0 Å². The van der Waals surface area contributed by atoms with Crippen LogP contribution in [0.4, 0.5) is 0 Å². The van der Waals surface area contributed by atoms with Crippen LogP contribution in [0.3, 0.4) is 0 Å². The predicted octanol–water partition coefficient (Wildman–Crippen LogP) is 4.00. The Morgan fingerprint density at radius 3 is 2.86 bits per heavy atom. The van der Waals surface area contributed by atoms with Crippen LogP contribution >= 0.6 is 0 Å². The van der Waals surface area contributed by atoms with E-state index in [1.807, 2.05) is 23.1 Å². The normalized spacial score (nSPS) is 22.7. The molecular formula is C23H25NO4. The van der Waals surface area contributed by atoms with Gasteiger partial charge in [-0.3, -0.25) is 4.79 Å². The van der Waals surface area contributed by atoms with Crippen molar-refractivity contribution in [2.24, 2.45) is 0 Å². The number of aryl methyl sites for hydroxylation is 1. The SMILES string of the molecule is O=C([C@@H]1CCCO1)N(Cc1cccc2c1OCO2)[C@H]1CCCc2ccccc21. The third-order valence-corrected chi connectivity index (χ3v) is 6.02. The van der Waals surface area contributed by atoms with Crippen LogP contribution < -0.4 is 9.47 Å². The zero-order valence-corrected chi connectivity index (χ0v) is 15.9. The number of benzene rings is 2. The van der Waals surface area contributed by atoms with E-state index in [0.29, 0.717) is 13.2 Å². The van der Waals surface area contributed by atoms with Crippen molar-refractivity contribution >= 4 is 5.91 Å². The summed E-state index contributed by atoms with van der Waals surface area (Å²) < 4.78 is 17.0. The van der Waals surface area contributed by atoms with E-state index in [1.54, 1.807) is 0 Å². The molecule has 5 heteroatoms. The molecule has 0 spiro atoms. The molecule has 0 aromatic heterocycles. The highest BCUT2D eigenvalue weighted by molar-refractivity contribution is 5.82. The number of hydrogen-bond donors (Lipinski definition) is 0. The Kier molecular flexibility index (Phi) is 4.69. The van der Waals surface area contributed by atoms with Crippen LogP contribution in [0.1, 0.15) is 48.4 Å². The minimum atomic E-state index is -0.331. The van der Waals surface area contributed by atoms with E-state index in [9.17, 15) is 4.79 Å². The van der Waals surface area contributed by atoms with Crippen molar-refractivity contribution in [1.29, 1.82) is 0 Å². The van der Waals surface area contributed by atoms with Gasteiger partial charge in [-0.05, 0) is 49.3 Å². The minimum absolute atomic E-state index is 0.0693. The van der Waals surface area contributed by atoms with Crippen LogP contribution in [0.25, 0.3) is 0 Å². The van der Waals surface area contributed by atoms with E-state index in [4.69, 9.17) is 14.2 Å². The molecule has 146 valence electrons. The number of fused-ring (bicyclic) bond motifs is 2. The fourth-order valence-corrected chi connectivity index (χ4v) is 4.65. The molecule has 0 radical (unpaired) electrons. The molecule has 2 aromatic carbocycles. The third kappa shape index (κ3) is 3.14. The molecule has 1 amide bonds. The predicted molar refractivity (Wildman–Crippen MR) is 104 cm³/mol. The summed E-state index contributed by atoms with van der Waals surface area (Å²) in [6.07, 6.45) is 4.56. The first-order valence-electron chi connectivity index (χ1n) is 10.2. The average molecular weight is 379 g/mol. The molecule has 0 bridgehead atoms. The standard InChI is InChI=1S/C23H25NO4/c25-23(21-12-5-13-26-21)24(14-17-8-4-11-20-22(17)28-15-27-20)19-10-3-7-16-6-1-2-9-18(16)19/h1-2,4,6,8-9,11,19,21H,3,5,7,10,12-15H2/t19-,21-/m0/s1. The van der Waals surface area contributed by atoms with Gasteiger partial charge in [0, 0.05) is 12.2 Å². The highest BCUT2D eigenvalue weighted by Crippen LogP contribution is 2.40. The lowest BCUT2D eigenvalue weighted by Crippen LogP contribution is -2.42. The van der Waals surface area contributed by atoms with Crippen LogP contribution in [-0.2, 0) is 22.5 Å². The molecule has 2 heterocycles. The molecule has 1 fully saturated rings. The Balaban J connectivity index is 1.51. The maximum absolute atomic E-state index is 13.5. The number of ether oxygens (including phenoxy) is 3. The van der Waals surface area contributed by atoms with Gasteiger partial charge in [0.1, 0.15) is 6.10 Å². The second-order valence-electron chi connectivity index (χ2n) is 7.73. The molecule has 5 nitrogen and oxygen atoms in total. The highest BCUT2D eigenvalue weighted by Gasteiger charge is 2.35. The monoisotopic (exact) mass is 379 g/mol. The molecule has 0 unspecified atom stereocenters. The molecular weight excluding hydrogens is 354 g/mol. The molecule has 0 N–H and O–H groups in total. The molecule has 3 aliphatic rings. The molecule has 5 rings (SSSR count). The second kappa shape index (κ2) is 7.47. The lowest BCUT2D eigenvalue weighted by Gasteiger charge is -2.37. The van der Waals surface area contributed by atoms with Gasteiger partial charge in [-0.25, -0.2) is 0 Å². The van der Waals surface area contributed by atoms with Crippen molar-refractivity contribution in [2.75, 3.05) is 13.4 Å². The highest BCUT2D eigenvalue weighted by atomic mass is 16.7. The zero-order chi connectivity index (χ0) is 18.9. The lowest BCUT2D eigenvalue weighted by molar-refractivity contribution is -0.144. The number of nitrogens with zero attached hydrogens (tertiary/aromatic N) is 1. The van der Waals surface area contributed by atoms with Crippen LogP contribution in [-0.4, -0.2) is 30.3 Å². The van der Waals surface area contributed by atoms with E-state index in [-0.39, 0.29) is 24.8 Å². The number of carbonyl (C=O) groups is 1. The minimum Gasteiger partial charge on any atom is -0.454 e. The van der Waals surface area contributed by atoms with Crippen molar-refractivity contribution in [3.05, 3.63) is 59.2 Å². The van der Waals surface area contributed by atoms with E-state index in [2.05, 4.69) is 24.3 Å². The molecule has 2 aliphatic heterocycles. The molecule has 1 aliphatic carbocycles. The van der Waals surface area contributed by atoms with Crippen LogP contribution in [0.15, 0.2) is 42.5 Å². The van der Waals surface area contributed by atoms with Gasteiger partial charge in [0.25, 0.3) is 5.91 Å². The lowest BCUT2D eigenvalue weighted by atomic mass is 9.86. The first kappa shape index (κ1) is 17.6. The van der Waals surface area contributed by atoms with Gasteiger partial charge in [0.2, 0.25) is 6.79 Å². The number of carbonyl (C=O) groups excluding carboxylic acids is 1. The maximum atomic E-state index is 13.5. The molecule has 28 heavy (non-hydrogen) atoms. The van der Waals surface area contributed by atoms with Crippen molar-refractivity contribution in [3.8, 4) is 11.5 Å². The zero-order valence-electron chi connectivity index (χ0n) is 15.9. The van der Waals surface area contributed by atoms with E-state index in [1.165, 1.54) is 11.1 Å². The summed E-state index contributed by atoms with van der Waals surface area (Å²) in [5.41, 5.74) is 3.61. The van der Waals surface area contributed by atoms with Crippen LogP contribution in [0.5, 0.6) is 11.5 Å². The summed E-state index contributed by atoms with van der Waals surface area (Å²) in [5.74, 6) is 1.61. The summed E-state index contributed by atoms with van der Waals surface area (Å²) in [5, 5.41) is 0. The first-order chi connectivity index (χ1) is 13.8. The van der Waals surface area contributed by atoms with Crippen LogP contribution in [0, 0.1) is 0 Å². The fourth-order valence-electron chi connectivity index (χ4n) is 4.65. The number of amides is 1. The third-order valence-electron chi connectivity index (χ3n) is 6.02. The largest absolute Gasteiger partial charge is 0.454 e. The van der Waals surface area contributed by atoms with Crippen molar-refractivity contribution < 1.29 is 19.0 Å². The smallest absolute Gasteiger partial charge is 0.252 e. The van der Waals surface area contributed by atoms with Crippen LogP contribution in [0.2, 0.25) is 0 Å². The molecule has 0 saturated carbocycles. The topological polar surface area (TPSA) is 48.0 Å². The summed E-state index contributed by atoms with van der Waals surface area (Å²) in [6.45, 7) is 1.41. The maximum Gasteiger partial charge on any atom is 0.252 e. The summed E-state index contributed by atoms with van der Waals surface area (Å²) in [6, 6.07) is 14.5. The Hall–Kier alpha value is -2.53. The fraction of sp³-hybridized carbons (Fsp3) is 0.435. The van der Waals surface area contributed by atoms with Gasteiger partial charge in [0.05, 0.1) is 12.6 Å². The Morgan fingerprint density at radius 2 is 1.96 bits per heavy atom. The van der Waals surface area contributed by atoms with E-state index < -0.39 is 0 Å². The van der Waals surface area contributed by atoms with E-state index >= 15 is 0 Å². The molecule has 2 aromatic rings. The van der Waals surface area contributed by atoms with Crippen molar-refractivity contribution in [3.63, 3.8) is 0 Å². The number of hydrogen-bond acceptors (Lipinski definition) is 4. The van der Waals surface area contributed by atoms with Gasteiger partial charge in [-0.1, -0.05) is 36.4 Å². The van der Waals surface area contributed by atoms with Gasteiger partial charge >= 0.3 is 0 Å². The van der Waals surface area contributed by atoms with Crippen molar-refractivity contribution in [1.82, 2.24) is 4.90 Å². The second-order valence-corrected chi connectivity index (χ2v) is 7.73. The van der Waals surface area contributed by atoms with Crippen molar-refractivity contribution in [2.45, 2.75) is 50.8 Å². The quantitative estimate of drug-likeness (QED) is 0.806. The van der Waals surface area contributed by atoms with Gasteiger partial charge < -0.3 is 19.1 Å². The van der Waals surface area contributed by atoms with Gasteiger partial charge in [0.15, 0.2) is 11.5 Å². The molecule has 2 atom stereocenters. The Morgan fingerprint density at radius 1 is 1.04 bits per heavy atom. The summed E-state index contributed by atoms with van der Waals surface area (Å²) in [7, 11) is 0. The first-order valence-corrected chi connectivity index (χ1v) is 10.2. The summed E-state index contributed by atoms with van der Waals surface area (Å²) >= 11 is 0. The Bertz CT molecular complexity index is 875. The van der Waals surface area contributed by atoms with E-state index in [0.717, 1.165) is 49.2 Å². The number of para-hydroxylation sites is 1. The molecule has 1 saturated heterocycles.